The highest BCUT2D eigenvalue weighted by atomic mass is 19.4. The molecule has 0 spiro atoms. The molecule has 11 heteroatoms. The van der Waals surface area contributed by atoms with Crippen LogP contribution >= 0.6 is 0 Å². The maximum absolute atomic E-state index is 13.5. The van der Waals surface area contributed by atoms with Crippen molar-refractivity contribution < 1.29 is 45.3 Å². The summed E-state index contributed by atoms with van der Waals surface area (Å²) >= 11 is 0. The Kier molecular flexibility index (Phi) is 9.94. The molecule has 0 bridgehead atoms. The smallest absolute Gasteiger partial charge is 0.416 e. The Morgan fingerprint density at radius 2 is 1.69 bits per heavy atom. The summed E-state index contributed by atoms with van der Waals surface area (Å²) in [5.41, 5.74) is -2.68. The Hall–Kier alpha value is -2.63. The Bertz CT molecular complexity index is 1170. The van der Waals surface area contributed by atoms with Crippen molar-refractivity contribution in [2.75, 3.05) is 39.5 Å². The molecule has 0 unspecified atom stereocenters. The summed E-state index contributed by atoms with van der Waals surface area (Å²) in [6.45, 7) is 7.82. The highest BCUT2D eigenvalue weighted by molar-refractivity contribution is 5.76. The van der Waals surface area contributed by atoms with E-state index in [1.165, 1.54) is 6.92 Å². The SMILES string of the molecule is CCOC(=O)[C@]1(C)CCCN(C[C@@H]2COC[C@@H](O[C@H](C)c3cc(C(F)(F)F)cc(C(F)(F)F)c3)[C@H]2c2ccccc2)C1. The third-order valence-corrected chi connectivity index (χ3v) is 8.20. The van der Waals surface area contributed by atoms with E-state index in [-0.39, 0.29) is 36.0 Å². The number of rotatable bonds is 8. The molecular formula is C31H37F6NO4. The Balaban J connectivity index is 1.59. The van der Waals surface area contributed by atoms with Crippen LogP contribution in [0.5, 0.6) is 0 Å². The fraction of sp³-hybridized carbons (Fsp3) is 0.581. The standard InChI is InChI=1S/C31H37F6NO4/c1-4-41-28(39)29(3)11-8-12-38(19-29)16-23-17-40-18-26(27(23)21-9-6-5-7-10-21)42-20(2)22-13-24(30(32,33)34)15-25(14-22)31(35,36)37/h5-7,9-10,13-15,20,23,26-27H,4,8,11-12,16-19H2,1-3H3/t20-,23-,26-,27+,29-/m1/s1. The van der Waals surface area contributed by atoms with Gasteiger partial charge in [0.15, 0.2) is 0 Å². The predicted molar refractivity (Wildman–Crippen MR) is 144 cm³/mol. The maximum Gasteiger partial charge on any atom is 0.416 e. The summed E-state index contributed by atoms with van der Waals surface area (Å²) in [6, 6.07) is 11.0. The lowest BCUT2D eigenvalue weighted by molar-refractivity contribution is -0.158. The van der Waals surface area contributed by atoms with E-state index in [0.29, 0.717) is 44.9 Å². The van der Waals surface area contributed by atoms with Crippen molar-refractivity contribution in [2.24, 2.45) is 11.3 Å². The van der Waals surface area contributed by atoms with Crippen molar-refractivity contribution in [3.63, 3.8) is 0 Å². The van der Waals surface area contributed by atoms with Gasteiger partial charge >= 0.3 is 18.3 Å². The number of alkyl halides is 6. The van der Waals surface area contributed by atoms with Gasteiger partial charge in [0.2, 0.25) is 0 Å². The Morgan fingerprint density at radius 3 is 2.29 bits per heavy atom. The number of halogens is 6. The zero-order chi connectivity index (χ0) is 30.7. The van der Waals surface area contributed by atoms with Crippen LogP contribution in [0.25, 0.3) is 0 Å². The molecule has 2 aliphatic heterocycles. The first-order valence-corrected chi connectivity index (χ1v) is 14.2. The lowest BCUT2D eigenvalue weighted by Crippen LogP contribution is -2.51. The minimum absolute atomic E-state index is 0.102. The number of benzene rings is 2. The maximum atomic E-state index is 13.5. The van der Waals surface area contributed by atoms with E-state index in [1.54, 1.807) is 6.92 Å². The molecule has 2 saturated heterocycles. The Morgan fingerprint density at radius 1 is 1.05 bits per heavy atom. The summed E-state index contributed by atoms with van der Waals surface area (Å²) in [4.78, 5) is 14.9. The van der Waals surface area contributed by atoms with Gasteiger partial charge in [0.1, 0.15) is 0 Å². The first-order valence-electron chi connectivity index (χ1n) is 14.2. The summed E-state index contributed by atoms with van der Waals surface area (Å²) in [6.07, 6.45) is -10.1. The van der Waals surface area contributed by atoms with Crippen molar-refractivity contribution in [3.8, 4) is 0 Å². The van der Waals surface area contributed by atoms with Crippen molar-refractivity contribution in [3.05, 3.63) is 70.8 Å². The molecule has 2 fully saturated rings. The largest absolute Gasteiger partial charge is 0.466 e. The molecule has 5 nitrogen and oxygen atoms in total. The highest BCUT2D eigenvalue weighted by Gasteiger charge is 2.43. The van der Waals surface area contributed by atoms with Crippen LogP contribution in [0.3, 0.4) is 0 Å². The third-order valence-electron chi connectivity index (χ3n) is 8.20. The molecule has 0 saturated carbocycles. The average molecular weight is 602 g/mol. The van der Waals surface area contributed by atoms with Crippen LogP contribution in [-0.2, 0) is 31.4 Å². The fourth-order valence-electron chi connectivity index (χ4n) is 6.16. The van der Waals surface area contributed by atoms with Crippen LogP contribution in [0.1, 0.15) is 67.9 Å². The van der Waals surface area contributed by atoms with Gasteiger partial charge in [-0.15, -0.1) is 0 Å². The number of hydrogen-bond acceptors (Lipinski definition) is 5. The minimum Gasteiger partial charge on any atom is -0.466 e. The fourth-order valence-corrected chi connectivity index (χ4v) is 6.16. The van der Waals surface area contributed by atoms with E-state index < -0.39 is 41.1 Å². The molecule has 42 heavy (non-hydrogen) atoms. The van der Waals surface area contributed by atoms with Crippen LogP contribution in [0.2, 0.25) is 0 Å². The first-order chi connectivity index (χ1) is 19.7. The topological polar surface area (TPSA) is 48.0 Å². The van der Waals surface area contributed by atoms with Crippen LogP contribution in [0.15, 0.2) is 48.5 Å². The van der Waals surface area contributed by atoms with Crippen molar-refractivity contribution in [1.82, 2.24) is 4.90 Å². The second kappa shape index (κ2) is 12.9. The molecule has 4 rings (SSSR count). The third kappa shape index (κ3) is 7.65. The van der Waals surface area contributed by atoms with E-state index in [1.807, 2.05) is 37.3 Å². The minimum atomic E-state index is -4.95. The summed E-state index contributed by atoms with van der Waals surface area (Å²) in [7, 11) is 0. The molecule has 5 atom stereocenters. The van der Waals surface area contributed by atoms with Gasteiger partial charge in [0.25, 0.3) is 0 Å². The average Bonchev–Trinajstić information content (AvgIpc) is 2.92. The van der Waals surface area contributed by atoms with E-state index in [4.69, 9.17) is 14.2 Å². The zero-order valence-electron chi connectivity index (χ0n) is 23.9. The van der Waals surface area contributed by atoms with Gasteiger partial charge in [0.05, 0.1) is 48.6 Å². The van der Waals surface area contributed by atoms with Gasteiger partial charge in [-0.2, -0.15) is 26.3 Å². The van der Waals surface area contributed by atoms with Crippen LogP contribution < -0.4 is 0 Å². The van der Waals surface area contributed by atoms with E-state index in [9.17, 15) is 31.1 Å². The number of likely N-dealkylation sites (tertiary alicyclic amines) is 1. The summed E-state index contributed by atoms with van der Waals surface area (Å²) < 4.78 is 98.5. The monoisotopic (exact) mass is 601 g/mol. The second-order valence-corrected chi connectivity index (χ2v) is 11.5. The number of hydrogen-bond donors (Lipinski definition) is 0. The van der Waals surface area contributed by atoms with Crippen molar-refractivity contribution in [1.29, 1.82) is 0 Å². The highest BCUT2D eigenvalue weighted by Crippen LogP contribution is 2.41. The van der Waals surface area contributed by atoms with Gasteiger partial charge in [-0.25, -0.2) is 0 Å². The molecule has 0 aromatic heterocycles. The molecule has 0 aliphatic carbocycles. The molecule has 232 valence electrons. The lowest BCUT2D eigenvalue weighted by atomic mass is 9.78. The molecule has 2 aliphatic rings. The van der Waals surface area contributed by atoms with Crippen LogP contribution in [0.4, 0.5) is 26.3 Å². The van der Waals surface area contributed by atoms with Gasteiger partial charge < -0.3 is 19.1 Å². The lowest BCUT2D eigenvalue weighted by Gasteiger charge is -2.44. The normalized spacial score (nSPS) is 26.5. The number of carbonyl (C=O) groups is 1. The number of piperidine rings is 1. The van der Waals surface area contributed by atoms with Crippen molar-refractivity contribution >= 4 is 5.97 Å². The van der Waals surface area contributed by atoms with Crippen LogP contribution in [-0.4, -0.2) is 56.4 Å². The molecular weight excluding hydrogens is 564 g/mol. The van der Waals surface area contributed by atoms with E-state index in [2.05, 4.69) is 4.90 Å². The zero-order valence-corrected chi connectivity index (χ0v) is 23.9. The Labute approximate surface area is 242 Å². The molecule has 0 N–H and O–H groups in total. The van der Waals surface area contributed by atoms with Crippen LogP contribution in [0, 0.1) is 11.3 Å². The van der Waals surface area contributed by atoms with Gasteiger partial charge in [0, 0.05) is 24.9 Å². The molecule has 2 aromatic rings. The molecule has 0 amide bonds. The number of nitrogens with zero attached hydrogens (tertiary/aromatic N) is 1. The second-order valence-electron chi connectivity index (χ2n) is 11.5. The van der Waals surface area contributed by atoms with Gasteiger partial charge in [-0.3, -0.25) is 4.79 Å². The first kappa shape index (κ1) is 32.3. The number of carbonyl (C=O) groups excluding carboxylic acids is 1. The predicted octanol–water partition coefficient (Wildman–Crippen LogP) is 7.27. The van der Waals surface area contributed by atoms with Gasteiger partial charge in [-0.1, -0.05) is 30.3 Å². The van der Waals surface area contributed by atoms with E-state index in [0.717, 1.165) is 18.5 Å². The molecule has 2 aromatic carbocycles. The number of ether oxygens (including phenoxy) is 3. The number of esters is 1. The van der Waals surface area contributed by atoms with E-state index >= 15 is 0 Å². The van der Waals surface area contributed by atoms with Crippen molar-refractivity contribution in [2.45, 2.75) is 64.1 Å². The quantitative estimate of drug-likeness (QED) is 0.235. The molecule has 0 radical (unpaired) electrons. The summed E-state index contributed by atoms with van der Waals surface area (Å²) in [5, 5.41) is 0. The van der Waals surface area contributed by atoms with Gasteiger partial charge in [-0.05, 0) is 69.5 Å². The molecule has 2 heterocycles. The summed E-state index contributed by atoms with van der Waals surface area (Å²) in [5.74, 6) is -0.579.